The number of hydrogen-bond acceptors (Lipinski definition) is 6. The average Bonchev–Trinajstić information content (AvgIpc) is 2.73. The molecule has 0 bridgehead atoms. The van der Waals surface area contributed by atoms with Crippen molar-refractivity contribution in [1.29, 1.82) is 0 Å². The van der Waals surface area contributed by atoms with Gasteiger partial charge in [0.25, 0.3) is 0 Å². The molecule has 2 aliphatic rings. The molecule has 6 heteroatoms. The molecule has 0 aliphatic carbocycles. The summed E-state index contributed by atoms with van der Waals surface area (Å²) in [6.45, 7) is 5.11. The van der Waals surface area contributed by atoms with Gasteiger partial charge in [0.15, 0.2) is 11.5 Å². The molecule has 0 radical (unpaired) electrons. The molecule has 144 valence electrons. The van der Waals surface area contributed by atoms with Crippen molar-refractivity contribution in [2.45, 2.75) is 18.8 Å². The maximum atomic E-state index is 6.09. The summed E-state index contributed by atoms with van der Waals surface area (Å²) in [4.78, 5) is 0. The highest BCUT2D eigenvalue weighted by Crippen LogP contribution is 2.35. The Kier molecular flexibility index (Phi) is 6.09. The summed E-state index contributed by atoms with van der Waals surface area (Å²) >= 11 is 0. The third-order valence-corrected chi connectivity index (χ3v) is 4.64. The van der Waals surface area contributed by atoms with Gasteiger partial charge in [-0.1, -0.05) is 30.3 Å². The summed E-state index contributed by atoms with van der Waals surface area (Å²) in [6.07, 6.45) is -0.0219. The fraction of sp³-hybridized carbons (Fsp3) is 0.429. The minimum Gasteiger partial charge on any atom is -0.489 e. The van der Waals surface area contributed by atoms with Crippen LogP contribution in [0.3, 0.4) is 0 Å². The van der Waals surface area contributed by atoms with E-state index >= 15 is 0 Å². The van der Waals surface area contributed by atoms with Crippen molar-refractivity contribution in [1.82, 2.24) is 10.6 Å². The molecule has 6 nitrogen and oxygen atoms in total. The highest BCUT2D eigenvalue weighted by Gasteiger charge is 2.22. The minimum atomic E-state index is -0.0219. The van der Waals surface area contributed by atoms with Crippen LogP contribution in [0.2, 0.25) is 0 Å². The molecule has 1 fully saturated rings. The zero-order chi connectivity index (χ0) is 18.3. The lowest BCUT2D eigenvalue weighted by Gasteiger charge is -2.28. The van der Waals surface area contributed by atoms with E-state index in [0.29, 0.717) is 19.3 Å². The largest absolute Gasteiger partial charge is 0.489 e. The first-order valence-corrected chi connectivity index (χ1v) is 9.49. The number of hydrogen-bond donors (Lipinski definition) is 2. The molecule has 0 saturated carbocycles. The Bertz CT molecular complexity index is 719. The number of nitrogens with one attached hydrogen (secondary N) is 2. The molecule has 0 amide bonds. The predicted molar refractivity (Wildman–Crippen MR) is 103 cm³/mol. The van der Waals surface area contributed by atoms with Crippen LogP contribution in [-0.4, -0.2) is 51.6 Å². The van der Waals surface area contributed by atoms with Crippen LogP contribution >= 0.6 is 0 Å². The Labute approximate surface area is 159 Å². The van der Waals surface area contributed by atoms with Crippen molar-refractivity contribution in [2.24, 2.45) is 0 Å². The summed E-state index contributed by atoms with van der Waals surface area (Å²) in [5.74, 6) is 2.27. The van der Waals surface area contributed by atoms with Crippen molar-refractivity contribution < 1.29 is 18.9 Å². The van der Waals surface area contributed by atoms with E-state index in [1.807, 2.05) is 48.5 Å². The van der Waals surface area contributed by atoms with Gasteiger partial charge in [0.1, 0.15) is 25.1 Å². The number of morpholine rings is 1. The second-order valence-corrected chi connectivity index (χ2v) is 6.82. The third kappa shape index (κ3) is 5.13. The van der Waals surface area contributed by atoms with Crippen LogP contribution < -0.4 is 24.8 Å². The zero-order valence-electron chi connectivity index (χ0n) is 15.4. The maximum absolute atomic E-state index is 6.09. The van der Waals surface area contributed by atoms with Gasteiger partial charge in [-0.25, -0.2) is 0 Å². The van der Waals surface area contributed by atoms with E-state index in [0.717, 1.165) is 55.7 Å². The molecule has 1 saturated heterocycles. The first kappa shape index (κ1) is 18.1. The number of rotatable bonds is 7. The summed E-state index contributed by atoms with van der Waals surface area (Å²) in [5.41, 5.74) is 1.13. The Morgan fingerprint density at radius 1 is 1.04 bits per heavy atom. The quantitative estimate of drug-likeness (QED) is 0.777. The Morgan fingerprint density at radius 3 is 2.81 bits per heavy atom. The smallest absolute Gasteiger partial charge is 0.165 e. The minimum absolute atomic E-state index is 0.0219. The maximum Gasteiger partial charge on any atom is 0.165 e. The van der Waals surface area contributed by atoms with Crippen LogP contribution in [0.5, 0.6) is 17.2 Å². The van der Waals surface area contributed by atoms with E-state index in [1.54, 1.807) is 0 Å². The normalized spacial score (nSPS) is 21.6. The highest BCUT2D eigenvalue weighted by molar-refractivity contribution is 5.46. The van der Waals surface area contributed by atoms with Gasteiger partial charge in [-0.05, 0) is 17.7 Å². The topological polar surface area (TPSA) is 61.0 Å². The first-order chi connectivity index (χ1) is 13.4. The van der Waals surface area contributed by atoms with E-state index in [1.165, 1.54) is 0 Å². The molecule has 0 spiro atoms. The van der Waals surface area contributed by atoms with Crippen LogP contribution in [0.15, 0.2) is 48.5 Å². The molecule has 0 aromatic heterocycles. The SMILES string of the molecule is c1ccc(COc2ccc3c(c2)OC(CNCC2COCCN2)CO3)cc1. The van der Waals surface area contributed by atoms with E-state index < -0.39 is 0 Å². The first-order valence-electron chi connectivity index (χ1n) is 9.49. The Morgan fingerprint density at radius 2 is 1.96 bits per heavy atom. The van der Waals surface area contributed by atoms with E-state index in [9.17, 15) is 0 Å². The van der Waals surface area contributed by atoms with Crippen LogP contribution in [0.4, 0.5) is 0 Å². The van der Waals surface area contributed by atoms with Crippen molar-refractivity contribution in [3.8, 4) is 17.2 Å². The van der Waals surface area contributed by atoms with Crippen molar-refractivity contribution in [2.75, 3.05) is 39.5 Å². The molecule has 2 aliphatic heterocycles. The summed E-state index contributed by atoms with van der Waals surface area (Å²) in [5, 5.41) is 6.87. The van der Waals surface area contributed by atoms with Crippen LogP contribution in [-0.2, 0) is 11.3 Å². The number of benzene rings is 2. The van der Waals surface area contributed by atoms with Crippen LogP contribution in [0.25, 0.3) is 0 Å². The van der Waals surface area contributed by atoms with Crippen molar-refractivity contribution >= 4 is 0 Å². The standard InChI is InChI=1S/C21H26N2O4/c1-2-4-16(5-3-1)13-25-18-6-7-20-21(10-18)27-19(15-26-20)12-22-11-17-14-24-9-8-23-17/h1-7,10,17,19,22-23H,8-9,11-15H2. The monoisotopic (exact) mass is 370 g/mol. The van der Waals surface area contributed by atoms with Gasteiger partial charge < -0.3 is 29.6 Å². The average molecular weight is 370 g/mol. The molecule has 2 heterocycles. The molecule has 2 aromatic carbocycles. The molecule has 27 heavy (non-hydrogen) atoms. The molecular weight excluding hydrogens is 344 g/mol. The van der Waals surface area contributed by atoms with E-state index in [-0.39, 0.29) is 6.10 Å². The lowest BCUT2D eigenvalue weighted by atomic mass is 10.2. The molecule has 4 rings (SSSR count). The van der Waals surface area contributed by atoms with Gasteiger partial charge in [-0.2, -0.15) is 0 Å². The Balaban J connectivity index is 1.27. The second-order valence-electron chi connectivity index (χ2n) is 6.82. The molecule has 2 atom stereocenters. The van der Waals surface area contributed by atoms with E-state index in [4.69, 9.17) is 18.9 Å². The number of fused-ring (bicyclic) bond motifs is 1. The zero-order valence-corrected chi connectivity index (χ0v) is 15.4. The fourth-order valence-corrected chi connectivity index (χ4v) is 3.20. The van der Waals surface area contributed by atoms with Gasteiger partial charge >= 0.3 is 0 Å². The summed E-state index contributed by atoms with van der Waals surface area (Å²) < 4.78 is 23.3. The van der Waals surface area contributed by atoms with Gasteiger partial charge in [0, 0.05) is 31.7 Å². The third-order valence-electron chi connectivity index (χ3n) is 4.64. The van der Waals surface area contributed by atoms with Crippen LogP contribution in [0, 0.1) is 0 Å². The highest BCUT2D eigenvalue weighted by atomic mass is 16.6. The van der Waals surface area contributed by atoms with Gasteiger partial charge in [0.2, 0.25) is 0 Å². The van der Waals surface area contributed by atoms with Crippen LogP contribution in [0.1, 0.15) is 5.56 Å². The van der Waals surface area contributed by atoms with Gasteiger partial charge in [-0.15, -0.1) is 0 Å². The second kappa shape index (κ2) is 9.08. The van der Waals surface area contributed by atoms with Crippen molar-refractivity contribution in [3.63, 3.8) is 0 Å². The van der Waals surface area contributed by atoms with Crippen molar-refractivity contribution in [3.05, 3.63) is 54.1 Å². The fourth-order valence-electron chi connectivity index (χ4n) is 3.20. The molecule has 2 aromatic rings. The molecule has 2 unspecified atom stereocenters. The lowest BCUT2D eigenvalue weighted by molar-refractivity contribution is 0.0697. The summed E-state index contributed by atoms with van der Waals surface area (Å²) in [6, 6.07) is 16.2. The predicted octanol–water partition coefficient (Wildman–Crippen LogP) is 1.98. The molecule has 2 N–H and O–H groups in total. The summed E-state index contributed by atoms with van der Waals surface area (Å²) in [7, 11) is 0. The number of ether oxygens (including phenoxy) is 4. The van der Waals surface area contributed by atoms with E-state index in [2.05, 4.69) is 10.6 Å². The Hall–Kier alpha value is -2.28. The molecular formula is C21H26N2O4. The van der Waals surface area contributed by atoms with Gasteiger partial charge in [-0.3, -0.25) is 0 Å². The van der Waals surface area contributed by atoms with Gasteiger partial charge in [0.05, 0.1) is 13.2 Å². The lowest BCUT2D eigenvalue weighted by Crippen LogP contribution is -2.49.